The van der Waals surface area contributed by atoms with Gasteiger partial charge in [-0.15, -0.1) is 0 Å². The van der Waals surface area contributed by atoms with Gasteiger partial charge < -0.3 is 10.1 Å². The fourth-order valence-corrected chi connectivity index (χ4v) is 4.09. The Kier molecular flexibility index (Phi) is 7.40. The molecule has 0 fully saturated rings. The number of aromatic nitrogens is 1. The summed E-state index contributed by atoms with van der Waals surface area (Å²) in [4.78, 5) is 16.6. The molecule has 0 atom stereocenters. The van der Waals surface area contributed by atoms with Gasteiger partial charge in [-0.2, -0.15) is 0 Å². The second-order valence-corrected chi connectivity index (χ2v) is 9.36. The minimum absolute atomic E-state index is 0. The molecule has 0 bridgehead atoms. The maximum atomic E-state index is 12.1. The Morgan fingerprint density at radius 2 is 1.93 bits per heavy atom. The molecular formula is C19H21ClN2O4S2. The third-order valence-corrected chi connectivity index (χ3v) is 5.96. The summed E-state index contributed by atoms with van der Waals surface area (Å²) in [5.41, 5.74) is 0.647. The van der Waals surface area contributed by atoms with Crippen molar-refractivity contribution in [1.29, 1.82) is 0 Å². The van der Waals surface area contributed by atoms with Gasteiger partial charge in [-0.1, -0.05) is 30.4 Å². The van der Waals surface area contributed by atoms with Crippen molar-refractivity contribution in [3.63, 3.8) is 0 Å². The lowest BCUT2D eigenvalue weighted by atomic mass is 10.3. The van der Waals surface area contributed by atoms with E-state index in [9.17, 15) is 13.2 Å². The number of amides is 1. The van der Waals surface area contributed by atoms with Gasteiger partial charge in [0.25, 0.3) is 0 Å². The van der Waals surface area contributed by atoms with Crippen LogP contribution < -0.4 is 10.1 Å². The molecule has 3 aromatic rings. The Labute approximate surface area is 173 Å². The van der Waals surface area contributed by atoms with Gasteiger partial charge in [-0.05, 0) is 48.9 Å². The van der Waals surface area contributed by atoms with Crippen LogP contribution in [0.4, 0.5) is 5.13 Å². The molecule has 3 rings (SSSR count). The molecule has 9 heteroatoms. The Hall–Kier alpha value is -2.16. The molecule has 0 radical (unpaired) electrons. The number of nitrogens with zero attached hydrogens (tertiary/aromatic N) is 1. The Bertz CT molecular complexity index is 1060. The number of carbonyl (C=O) groups excluding carboxylic acids is 1. The first-order valence-electron chi connectivity index (χ1n) is 8.10. The molecule has 0 aliphatic heterocycles. The van der Waals surface area contributed by atoms with Crippen LogP contribution in [0.15, 0.2) is 47.4 Å². The number of halogens is 1. The summed E-state index contributed by atoms with van der Waals surface area (Å²) in [6.07, 6.45) is 2.00. The zero-order valence-electron chi connectivity index (χ0n) is 14.4. The summed E-state index contributed by atoms with van der Waals surface area (Å²) in [5.74, 6) is 0.532. The Balaban J connectivity index is 0.00000280. The lowest BCUT2D eigenvalue weighted by Gasteiger charge is -2.06. The number of benzene rings is 2. The van der Waals surface area contributed by atoms with Crippen LogP contribution in [-0.4, -0.2) is 32.2 Å². The van der Waals surface area contributed by atoms with Crippen LogP contribution in [-0.2, 0) is 14.6 Å². The molecule has 0 aliphatic rings. The molecule has 0 saturated carbocycles. The van der Waals surface area contributed by atoms with Crippen LogP contribution in [0, 0.1) is 0 Å². The number of carbonyl (C=O) groups is 1. The zero-order valence-corrected chi connectivity index (χ0v) is 16.8. The van der Waals surface area contributed by atoms with Gasteiger partial charge in [0.2, 0.25) is 5.91 Å². The average Bonchev–Trinajstić information content (AvgIpc) is 3.00. The summed E-state index contributed by atoms with van der Waals surface area (Å²) < 4.78 is 29.5. The van der Waals surface area contributed by atoms with Gasteiger partial charge in [0.05, 0.1) is 21.7 Å². The minimum Gasteiger partial charge on any atom is -0.494 e. The fraction of sp³-hybridized carbons (Fsp3) is 0.263. The van der Waals surface area contributed by atoms with Gasteiger partial charge >= 0.3 is 0 Å². The first kappa shape index (κ1) is 22.1. The van der Waals surface area contributed by atoms with Gasteiger partial charge in [0.1, 0.15) is 5.75 Å². The van der Waals surface area contributed by atoms with E-state index in [-0.39, 0.29) is 24.7 Å². The van der Waals surface area contributed by atoms with Crippen LogP contribution in [0.3, 0.4) is 0 Å². The molecule has 0 spiro atoms. The molecule has 1 N–H and O–H groups in total. The van der Waals surface area contributed by atoms with E-state index in [4.69, 9.17) is 16.3 Å². The molecule has 1 amide bonds. The van der Waals surface area contributed by atoms with Crippen LogP contribution in [0.1, 0.15) is 20.3 Å². The topological polar surface area (TPSA) is 85.4 Å². The van der Waals surface area contributed by atoms with E-state index in [0.29, 0.717) is 39.1 Å². The molecule has 0 saturated heterocycles. The maximum absolute atomic E-state index is 12.1. The van der Waals surface area contributed by atoms with Crippen molar-refractivity contribution < 1.29 is 17.9 Å². The fourth-order valence-electron chi connectivity index (χ4n) is 2.32. The van der Waals surface area contributed by atoms with Crippen LogP contribution >= 0.6 is 22.9 Å². The SMILES string of the molecule is C.CS(=O)(=O)c1ccc2nc(NC(=O)CCCOc3ccc(Cl)cc3)sc2c1. The quantitative estimate of drug-likeness (QED) is 0.534. The third-order valence-electron chi connectivity index (χ3n) is 3.66. The molecule has 1 heterocycles. The highest BCUT2D eigenvalue weighted by Gasteiger charge is 2.12. The number of rotatable bonds is 7. The van der Waals surface area contributed by atoms with Crippen molar-refractivity contribution in [2.45, 2.75) is 25.2 Å². The molecule has 2 aromatic carbocycles. The van der Waals surface area contributed by atoms with Crippen LogP contribution in [0.2, 0.25) is 5.02 Å². The largest absolute Gasteiger partial charge is 0.494 e. The molecule has 6 nitrogen and oxygen atoms in total. The monoisotopic (exact) mass is 440 g/mol. The van der Waals surface area contributed by atoms with Gasteiger partial charge in [0.15, 0.2) is 15.0 Å². The maximum Gasteiger partial charge on any atom is 0.226 e. The van der Waals surface area contributed by atoms with E-state index < -0.39 is 9.84 Å². The first-order valence-corrected chi connectivity index (χ1v) is 11.2. The zero-order chi connectivity index (χ0) is 19.4. The minimum atomic E-state index is -3.28. The number of nitrogens with one attached hydrogen (secondary N) is 1. The highest BCUT2D eigenvalue weighted by atomic mass is 35.5. The van der Waals surface area contributed by atoms with E-state index >= 15 is 0 Å². The molecular weight excluding hydrogens is 420 g/mol. The van der Waals surface area contributed by atoms with Crippen molar-refractivity contribution in [2.75, 3.05) is 18.2 Å². The summed E-state index contributed by atoms with van der Waals surface area (Å²) in [6.45, 7) is 0.409. The Morgan fingerprint density at radius 3 is 2.61 bits per heavy atom. The number of thiazole rings is 1. The molecule has 1 aromatic heterocycles. The predicted molar refractivity (Wildman–Crippen MR) is 114 cm³/mol. The summed E-state index contributed by atoms with van der Waals surface area (Å²) >= 11 is 7.05. The number of sulfone groups is 1. The van der Waals surface area contributed by atoms with Gasteiger partial charge in [-0.3, -0.25) is 4.79 Å². The molecule has 0 unspecified atom stereocenters. The number of fused-ring (bicyclic) bond motifs is 1. The number of hydrogen-bond donors (Lipinski definition) is 1. The highest BCUT2D eigenvalue weighted by Crippen LogP contribution is 2.28. The highest BCUT2D eigenvalue weighted by molar-refractivity contribution is 7.90. The van der Waals surface area contributed by atoms with Crippen molar-refractivity contribution in [3.05, 3.63) is 47.5 Å². The van der Waals surface area contributed by atoms with Gasteiger partial charge in [-0.25, -0.2) is 13.4 Å². The van der Waals surface area contributed by atoms with Crippen molar-refractivity contribution in [1.82, 2.24) is 4.98 Å². The third kappa shape index (κ3) is 5.92. The molecule has 28 heavy (non-hydrogen) atoms. The molecule has 150 valence electrons. The van der Waals surface area contributed by atoms with Crippen molar-refractivity contribution in [2.24, 2.45) is 0 Å². The normalized spacial score (nSPS) is 11.1. The lowest BCUT2D eigenvalue weighted by molar-refractivity contribution is -0.116. The number of anilines is 1. The number of hydrogen-bond acceptors (Lipinski definition) is 6. The summed E-state index contributed by atoms with van der Waals surface area (Å²) in [7, 11) is -3.28. The standard InChI is InChI=1S/C18H17ClN2O4S2.CH4/c1-27(23,24)14-8-9-15-16(11-14)26-18(20-15)21-17(22)3-2-10-25-13-6-4-12(19)5-7-13;/h4-9,11H,2-3,10H2,1H3,(H,20,21,22);1H4. The van der Waals surface area contributed by atoms with E-state index in [0.717, 1.165) is 6.26 Å². The predicted octanol–water partition coefficient (Wildman–Crippen LogP) is 4.79. The van der Waals surface area contributed by atoms with Crippen LogP contribution in [0.25, 0.3) is 10.2 Å². The smallest absolute Gasteiger partial charge is 0.226 e. The van der Waals surface area contributed by atoms with Crippen LogP contribution in [0.5, 0.6) is 5.75 Å². The number of ether oxygens (including phenoxy) is 1. The second kappa shape index (κ2) is 9.36. The molecule has 0 aliphatic carbocycles. The van der Waals surface area contributed by atoms with Gasteiger partial charge in [0, 0.05) is 17.7 Å². The van der Waals surface area contributed by atoms with E-state index in [1.54, 1.807) is 36.4 Å². The Morgan fingerprint density at radius 1 is 1.21 bits per heavy atom. The summed E-state index contributed by atoms with van der Waals surface area (Å²) in [5, 5.41) is 3.83. The summed E-state index contributed by atoms with van der Waals surface area (Å²) in [6, 6.07) is 11.7. The van der Waals surface area contributed by atoms with E-state index in [1.807, 2.05) is 0 Å². The lowest BCUT2D eigenvalue weighted by Crippen LogP contribution is -2.12. The average molecular weight is 441 g/mol. The van der Waals surface area contributed by atoms with Crippen molar-refractivity contribution >= 4 is 54.0 Å². The van der Waals surface area contributed by atoms with E-state index in [2.05, 4.69) is 10.3 Å². The first-order chi connectivity index (χ1) is 12.8. The second-order valence-electron chi connectivity index (χ2n) is 5.87. The van der Waals surface area contributed by atoms with Crippen molar-refractivity contribution in [3.8, 4) is 5.75 Å². The van der Waals surface area contributed by atoms with E-state index in [1.165, 1.54) is 17.4 Å².